The molecular weight excluding hydrogens is 462 g/mol. The summed E-state index contributed by atoms with van der Waals surface area (Å²) in [6, 6.07) is 12.9. The molecule has 3 aromatic rings. The molecule has 1 saturated carbocycles. The van der Waals surface area contributed by atoms with Crippen molar-refractivity contribution >= 4 is 17.7 Å². The Balaban J connectivity index is 1.63. The lowest BCUT2D eigenvalue weighted by molar-refractivity contribution is -0.141. The first-order chi connectivity index (χ1) is 17.4. The number of hydrogen-bond donors (Lipinski definition) is 2. The maximum Gasteiger partial charge on any atom is 0.287 e. The molecule has 2 aromatic heterocycles. The van der Waals surface area contributed by atoms with Gasteiger partial charge < -0.3 is 29.1 Å². The average Bonchev–Trinajstić information content (AvgIpc) is 3.66. The van der Waals surface area contributed by atoms with Crippen molar-refractivity contribution in [1.29, 1.82) is 0 Å². The molecule has 9 nitrogen and oxygen atoms in total. The second kappa shape index (κ2) is 11.6. The van der Waals surface area contributed by atoms with Gasteiger partial charge in [-0.3, -0.25) is 14.4 Å². The Kier molecular flexibility index (Phi) is 8.10. The maximum atomic E-state index is 13.6. The number of benzene rings is 1. The molecule has 2 N–H and O–H groups in total. The first kappa shape index (κ1) is 25.1. The summed E-state index contributed by atoms with van der Waals surface area (Å²) in [5.74, 6) is 0.435. The molecule has 4 rings (SSSR count). The molecule has 0 spiro atoms. The van der Waals surface area contributed by atoms with Crippen molar-refractivity contribution in [3.63, 3.8) is 0 Å². The third-order valence-electron chi connectivity index (χ3n) is 6.24. The van der Waals surface area contributed by atoms with E-state index in [9.17, 15) is 14.4 Å². The fraction of sp³-hybridized carbons (Fsp3) is 0.370. The van der Waals surface area contributed by atoms with Crippen LogP contribution < -0.4 is 15.4 Å². The lowest BCUT2D eigenvalue weighted by atomic mass is 10.1. The van der Waals surface area contributed by atoms with Crippen molar-refractivity contribution in [3.8, 4) is 5.75 Å². The van der Waals surface area contributed by atoms with Crippen molar-refractivity contribution < 1.29 is 28.0 Å². The van der Waals surface area contributed by atoms with Crippen LogP contribution in [0.1, 0.15) is 59.4 Å². The molecule has 9 heteroatoms. The van der Waals surface area contributed by atoms with Gasteiger partial charge in [-0.25, -0.2) is 0 Å². The number of aryl methyl sites for hydroxylation is 1. The van der Waals surface area contributed by atoms with Gasteiger partial charge in [0.15, 0.2) is 11.8 Å². The Bertz CT molecular complexity index is 1180. The third-order valence-corrected chi connectivity index (χ3v) is 6.24. The number of rotatable bonds is 10. The van der Waals surface area contributed by atoms with Crippen molar-refractivity contribution in [2.45, 2.75) is 51.2 Å². The number of furan rings is 2. The summed E-state index contributed by atoms with van der Waals surface area (Å²) in [4.78, 5) is 41.0. The van der Waals surface area contributed by atoms with Crippen LogP contribution in [0.4, 0.5) is 0 Å². The van der Waals surface area contributed by atoms with E-state index in [1.807, 2.05) is 12.1 Å². The van der Waals surface area contributed by atoms with E-state index in [2.05, 4.69) is 10.6 Å². The van der Waals surface area contributed by atoms with Crippen LogP contribution in [-0.4, -0.2) is 42.3 Å². The van der Waals surface area contributed by atoms with Crippen LogP contribution in [0.25, 0.3) is 0 Å². The third kappa shape index (κ3) is 6.16. The van der Waals surface area contributed by atoms with Crippen LogP contribution >= 0.6 is 0 Å². The number of amides is 3. The molecule has 36 heavy (non-hydrogen) atoms. The van der Waals surface area contributed by atoms with Crippen LogP contribution in [0.3, 0.4) is 0 Å². The zero-order chi connectivity index (χ0) is 25.5. The van der Waals surface area contributed by atoms with E-state index in [1.165, 1.54) is 17.2 Å². The second-order valence-electron chi connectivity index (χ2n) is 8.87. The van der Waals surface area contributed by atoms with Gasteiger partial charge in [0.25, 0.3) is 11.8 Å². The fourth-order valence-electron chi connectivity index (χ4n) is 4.42. The van der Waals surface area contributed by atoms with Gasteiger partial charge in [0.1, 0.15) is 17.3 Å². The van der Waals surface area contributed by atoms with Gasteiger partial charge in [-0.1, -0.05) is 25.0 Å². The highest BCUT2D eigenvalue weighted by Gasteiger charge is 2.35. The second-order valence-corrected chi connectivity index (χ2v) is 8.87. The number of nitrogens with one attached hydrogen (secondary N) is 2. The largest absolute Gasteiger partial charge is 0.497 e. The highest BCUT2D eigenvalue weighted by atomic mass is 16.5. The number of nitrogens with zero attached hydrogens (tertiary/aromatic N) is 1. The number of ether oxygens (including phenoxy) is 1. The summed E-state index contributed by atoms with van der Waals surface area (Å²) in [7, 11) is 1.57. The van der Waals surface area contributed by atoms with Crippen LogP contribution in [0.2, 0.25) is 0 Å². The molecule has 1 aromatic carbocycles. The SMILES string of the molecule is COc1cccc(CN(C(=O)CNC(=O)c2ccco2)[C@H](C(=O)NC2CCCC2)c2ccc(C)o2)c1. The highest BCUT2D eigenvalue weighted by molar-refractivity contribution is 5.95. The minimum absolute atomic E-state index is 0.0588. The van der Waals surface area contributed by atoms with E-state index in [4.69, 9.17) is 13.6 Å². The molecule has 1 aliphatic rings. The zero-order valence-electron chi connectivity index (χ0n) is 20.5. The van der Waals surface area contributed by atoms with E-state index in [0.717, 1.165) is 31.2 Å². The van der Waals surface area contributed by atoms with Crippen molar-refractivity contribution in [2.75, 3.05) is 13.7 Å². The van der Waals surface area contributed by atoms with E-state index >= 15 is 0 Å². The Morgan fingerprint density at radius 2 is 1.92 bits per heavy atom. The van der Waals surface area contributed by atoms with Crippen LogP contribution in [0.5, 0.6) is 5.75 Å². The molecule has 0 radical (unpaired) electrons. The van der Waals surface area contributed by atoms with E-state index in [0.29, 0.717) is 17.3 Å². The summed E-state index contributed by atoms with van der Waals surface area (Å²) < 4.78 is 16.3. The quantitative estimate of drug-likeness (QED) is 0.445. The molecule has 1 atom stereocenters. The van der Waals surface area contributed by atoms with E-state index in [1.54, 1.807) is 44.4 Å². The Labute approximate surface area is 209 Å². The predicted octanol–water partition coefficient (Wildman–Crippen LogP) is 3.75. The minimum atomic E-state index is -1.02. The average molecular weight is 494 g/mol. The summed E-state index contributed by atoms with van der Waals surface area (Å²) in [6.07, 6.45) is 5.30. The van der Waals surface area contributed by atoms with E-state index < -0.39 is 17.9 Å². The van der Waals surface area contributed by atoms with Crippen LogP contribution in [0, 0.1) is 6.92 Å². The van der Waals surface area contributed by atoms with Gasteiger partial charge in [0, 0.05) is 12.6 Å². The van der Waals surface area contributed by atoms with Gasteiger partial charge in [0.2, 0.25) is 5.91 Å². The predicted molar refractivity (Wildman–Crippen MR) is 131 cm³/mol. The number of carbonyl (C=O) groups excluding carboxylic acids is 3. The molecule has 0 aliphatic heterocycles. The van der Waals surface area contributed by atoms with Crippen molar-refractivity contribution in [1.82, 2.24) is 15.5 Å². The normalized spacial score (nSPS) is 14.3. The summed E-state index contributed by atoms with van der Waals surface area (Å²) in [5.41, 5.74) is 0.766. The molecule has 0 saturated heterocycles. The lowest BCUT2D eigenvalue weighted by Gasteiger charge is -2.31. The van der Waals surface area contributed by atoms with Crippen LogP contribution in [-0.2, 0) is 16.1 Å². The summed E-state index contributed by atoms with van der Waals surface area (Å²) in [5, 5.41) is 5.68. The number of carbonyl (C=O) groups is 3. The Morgan fingerprint density at radius 1 is 1.11 bits per heavy atom. The van der Waals surface area contributed by atoms with Gasteiger partial charge in [-0.15, -0.1) is 0 Å². The molecular formula is C27H31N3O6. The molecule has 0 bridgehead atoms. The minimum Gasteiger partial charge on any atom is -0.497 e. The molecule has 1 aliphatic carbocycles. The molecule has 190 valence electrons. The summed E-state index contributed by atoms with van der Waals surface area (Å²) >= 11 is 0. The zero-order valence-corrected chi connectivity index (χ0v) is 20.5. The van der Waals surface area contributed by atoms with Gasteiger partial charge in [-0.05, 0) is 61.7 Å². The highest BCUT2D eigenvalue weighted by Crippen LogP contribution is 2.28. The lowest BCUT2D eigenvalue weighted by Crippen LogP contribution is -2.48. The molecule has 3 amide bonds. The standard InChI is InChI=1S/C27H31N3O6/c1-18-12-13-22(36-18)25(27(33)29-20-8-3-4-9-20)30(17-19-7-5-10-21(15-19)34-2)24(31)16-28-26(32)23-11-6-14-35-23/h5-7,10-15,20,25H,3-4,8-9,16-17H2,1-2H3,(H,28,32)(H,29,33)/t25-/m0/s1. The first-order valence-corrected chi connectivity index (χ1v) is 12.1. The van der Waals surface area contributed by atoms with Crippen molar-refractivity contribution in [2.24, 2.45) is 0 Å². The van der Waals surface area contributed by atoms with Gasteiger partial charge >= 0.3 is 0 Å². The molecule has 2 heterocycles. The molecule has 0 unspecified atom stereocenters. The monoisotopic (exact) mass is 493 g/mol. The first-order valence-electron chi connectivity index (χ1n) is 12.1. The topological polar surface area (TPSA) is 114 Å². The smallest absolute Gasteiger partial charge is 0.287 e. The van der Waals surface area contributed by atoms with Crippen LogP contribution in [0.15, 0.2) is 63.6 Å². The number of hydrogen-bond acceptors (Lipinski definition) is 6. The Morgan fingerprint density at radius 3 is 2.58 bits per heavy atom. The van der Waals surface area contributed by atoms with Gasteiger partial charge in [0.05, 0.1) is 19.9 Å². The van der Waals surface area contributed by atoms with E-state index in [-0.39, 0.29) is 30.8 Å². The molecule has 1 fully saturated rings. The maximum absolute atomic E-state index is 13.6. The van der Waals surface area contributed by atoms with Crippen molar-refractivity contribution in [3.05, 3.63) is 77.6 Å². The number of methoxy groups -OCH3 is 1. The summed E-state index contributed by atoms with van der Waals surface area (Å²) in [6.45, 7) is 1.57. The van der Waals surface area contributed by atoms with Gasteiger partial charge in [-0.2, -0.15) is 0 Å². The fourth-order valence-corrected chi connectivity index (χ4v) is 4.42. The Hall–Kier alpha value is -4.01.